The maximum atomic E-state index is 7.87. The molecule has 0 spiro atoms. The summed E-state index contributed by atoms with van der Waals surface area (Å²) in [5, 5.41) is 3.19. The van der Waals surface area contributed by atoms with E-state index in [1.165, 1.54) is 6.20 Å². The fourth-order valence-electron chi connectivity index (χ4n) is 0.523. The molecule has 0 amide bonds. The maximum absolute atomic E-state index is 7.87. The lowest BCUT2D eigenvalue weighted by Crippen LogP contribution is -1.55. The second kappa shape index (κ2) is 3.37. The van der Waals surface area contributed by atoms with Crippen LogP contribution in [0.5, 0.6) is 0 Å². The van der Waals surface area contributed by atoms with Gasteiger partial charge in [0, 0.05) is 11.1 Å². The largest absolute Gasteiger partial charge is 0.465 e. The van der Waals surface area contributed by atoms with Gasteiger partial charge in [-0.05, 0) is 23.7 Å². The third-order valence-electron chi connectivity index (χ3n) is 0.900. The van der Waals surface area contributed by atoms with Crippen LogP contribution >= 0.6 is 0 Å². The predicted octanol–water partition coefficient (Wildman–Crippen LogP) is 2.56. The molecule has 0 atom stereocenters. The summed E-state index contributed by atoms with van der Waals surface area (Å²) in [6.07, 6.45) is 4.47. The lowest BCUT2D eigenvalue weighted by Gasteiger charge is -1.76. The number of nitrogens with zero attached hydrogens (tertiary/aromatic N) is 3. The molecule has 0 saturated carbocycles. The minimum Gasteiger partial charge on any atom is -0.465 e. The van der Waals surface area contributed by atoms with Crippen molar-refractivity contribution in [2.45, 2.75) is 0 Å². The first-order valence-corrected chi connectivity index (χ1v) is 2.68. The number of rotatable bonds is 2. The third kappa shape index (κ3) is 1.69. The highest BCUT2D eigenvalue weighted by molar-refractivity contribution is 5.41. The maximum Gasteiger partial charge on any atom is 0.126 e. The molecule has 1 rings (SSSR count). The summed E-state index contributed by atoms with van der Waals surface area (Å²) in [6, 6.07) is 3.53. The number of hydrogen-bond acceptors (Lipinski definition) is 2. The van der Waals surface area contributed by atoms with Crippen LogP contribution in [0.2, 0.25) is 0 Å². The van der Waals surface area contributed by atoms with Crippen LogP contribution in [-0.2, 0) is 0 Å². The first-order valence-electron chi connectivity index (χ1n) is 2.68. The van der Waals surface area contributed by atoms with Crippen molar-refractivity contribution in [2.24, 2.45) is 5.11 Å². The molecular weight excluding hydrogens is 130 g/mol. The second-order valence-electron chi connectivity index (χ2n) is 1.54. The van der Waals surface area contributed by atoms with Crippen molar-refractivity contribution >= 4 is 6.08 Å². The monoisotopic (exact) mass is 135 g/mol. The molecule has 0 aliphatic carbocycles. The minimum absolute atomic E-state index is 0.674. The molecule has 0 aliphatic rings. The molecule has 1 aromatic heterocycles. The molecule has 0 bridgehead atoms. The molecule has 4 nitrogen and oxygen atoms in total. The van der Waals surface area contributed by atoms with Crippen molar-refractivity contribution in [3.63, 3.8) is 0 Å². The van der Waals surface area contributed by atoms with E-state index in [-0.39, 0.29) is 0 Å². The van der Waals surface area contributed by atoms with Crippen molar-refractivity contribution in [3.05, 3.63) is 40.8 Å². The lowest BCUT2D eigenvalue weighted by atomic mass is 10.4. The first-order chi connectivity index (χ1) is 4.93. The molecule has 1 aromatic rings. The molecule has 0 aliphatic heterocycles. The van der Waals surface area contributed by atoms with E-state index in [0.717, 1.165) is 0 Å². The van der Waals surface area contributed by atoms with Crippen molar-refractivity contribution in [1.29, 1.82) is 0 Å². The minimum atomic E-state index is 0.674. The lowest BCUT2D eigenvalue weighted by molar-refractivity contribution is 0.557. The summed E-state index contributed by atoms with van der Waals surface area (Å²) in [7, 11) is 0. The van der Waals surface area contributed by atoms with Crippen LogP contribution in [0.25, 0.3) is 16.5 Å². The molecule has 0 radical (unpaired) electrons. The molecule has 0 N–H and O–H groups in total. The Hall–Kier alpha value is -1.67. The summed E-state index contributed by atoms with van der Waals surface area (Å²) in [5.74, 6) is 0.674. The average Bonchev–Trinajstić information content (AvgIpc) is 2.41. The van der Waals surface area contributed by atoms with Crippen molar-refractivity contribution in [3.8, 4) is 0 Å². The summed E-state index contributed by atoms with van der Waals surface area (Å²) in [5.41, 5.74) is 7.87. The van der Waals surface area contributed by atoms with Gasteiger partial charge in [0.15, 0.2) is 0 Å². The Morgan fingerprint density at radius 1 is 1.70 bits per heavy atom. The third-order valence-corrected chi connectivity index (χ3v) is 0.900. The second-order valence-corrected chi connectivity index (χ2v) is 1.54. The van der Waals surface area contributed by atoms with Gasteiger partial charge in [-0.1, -0.05) is 5.11 Å². The van der Waals surface area contributed by atoms with E-state index in [1.54, 1.807) is 24.5 Å². The molecular formula is C6H5N3O. The Bertz CT molecular complexity index is 257. The highest BCUT2D eigenvalue weighted by Crippen LogP contribution is 2.01. The van der Waals surface area contributed by atoms with Gasteiger partial charge in [0.2, 0.25) is 0 Å². The van der Waals surface area contributed by atoms with E-state index in [9.17, 15) is 0 Å². The Kier molecular flexibility index (Phi) is 2.18. The van der Waals surface area contributed by atoms with Crippen LogP contribution in [0.4, 0.5) is 0 Å². The molecule has 4 heteroatoms. The van der Waals surface area contributed by atoms with Crippen LogP contribution in [0.3, 0.4) is 0 Å². The van der Waals surface area contributed by atoms with Gasteiger partial charge in [-0.3, -0.25) is 0 Å². The molecule has 0 aromatic carbocycles. The summed E-state index contributed by atoms with van der Waals surface area (Å²) in [6.45, 7) is 0. The Morgan fingerprint density at radius 2 is 2.60 bits per heavy atom. The van der Waals surface area contributed by atoms with Crippen molar-refractivity contribution in [1.82, 2.24) is 0 Å². The fourth-order valence-corrected chi connectivity index (χ4v) is 0.523. The highest BCUT2D eigenvalue weighted by atomic mass is 16.3. The first kappa shape index (κ1) is 6.45. The van der Waals surface area contributed by atoms with Gasteiger partial charge in [-0.15, -0.1) is 0 Å². The zero-order valence-electron chi connectivity index (χ0n) is 5.14. The van der Waals surface area contributed by atoms with E-state index in [0.29, 0.717) is 5.76 Å². The molecule has 0 saturated heterocycles. The van der Waals surface area contributed by atoms with Crippen molar-refractivity contribution < 1.29 is 4.42 Å². The van der Waals surface area contributed by atoms with Crippen LogP contribution in [0.15, 0.2) is 34.1 Å². The van der Waals surface area contributed by atoms with E-state index >= 15 is 0 Å². The molecule has 10 heavy (non-hydrogen) atoms. The Balaban J connectivity index is 2.63. The van der Waals surface area contributed by atoms with Gasteiger partial charge in [0.05, 0.1) is 6.26 Å². The normalized spacial score (nSPS) is 9.60. The Labute approximate surface area is 57.4 Å². The Morgan fingerprint density at radius 3 is 3.20 bits per heavy atom. The van der Waals surface area contributed by atoms with Gasteiger partial charge < -0.3 is 4.42 Å². The van der Waals surface area contributed by atoms with Gasteiger partial charge in [0.1, 0.15) is 5.76 Å². The summed E-state index contributed by atoms with van der Waals surface area (Å²) < 4.78 is 4.91. The molecule has 1 heterocycles. The standard InChI is InChI=1S/C6H5N3O/c7-9-8-4-3-6-2-1-5-10-6/h1-5H. The topological polar surface area (TPSA) is 61.9 Å². The smallest absolute Gasteiger partial charge is 0.126 e. The van der Waals surface area contributed by atoms with Gasteiger partial charge in [-0.2, -0.15) is 0 Å². The number of furan rings is 1. The summed E-state index contributed by atoms with van der Waals surface area (Å²) in [4.78, 5) is 2.53. The molecule has 0 fully saturated rings. The van der Waals surface area contributed by atoms with E-state index in [4.69, 9.17) is 9.95 Å². The average molecular weight is 135 g/mol. The molecule has 50 valence electrons. The predicted molar refractivity (Wildman–Crippen MR) is 36.9 cm³/mol. The van der Waals surface area contributed by atoms with Gasteiger partial charge in [-0.25, -0.2) is 0 Å². The van der Waals surface area contributed by atoms with E-state index < -0.39 is 0 Å². The van der Waals surface area contributed by atoms with Gasteiger partial charge in [0.25, 0.3) is 0 Å². The fraction of sp³-hybridized carbons (Fsp3) is 0. The zero-order valence-corrected chi connectivity index (χ0v) is 5.14. The number of hydrogen-bond donors (Lipinski definition) is 0. The van der Waals surface area contributed by atoms with Gasteiger partial charge >= 0.3 is 0 Å². The summed E-state index contributed by atoms with van der Waals surface area (Å²) >= 11 is 0. The van der Waals surface area contributed by atoms with Crippen LogP contribution in [-0.4, -0.2) is 0 Å². The number of azide groups is 1. The SMILES string of the molecule is [N-]=[N+]=NC=Cc1ccco1. The highest BCUT2D eigenvalue weighted by Gasteiger charge is 1.83. The quantitative estimate of drug-likeness (QED) is 0.349. The van der Waals surface area contributed by atoms with E-state index in [2.05, 4.69) is 10.0 Å². The van der Waals surface area contributed by atoms with E-state index in [1.807, 2.05) is 0 Å². The van der Waals surface area contributed by atoms with Crippen LogP contribution < -0.4 is 0 Å². The zero-order chi connectivity index (χ0) is 7.23. The van der Waals surface area contributed by atoms with Crippen LogP contribution in [0.1, 0.15) is 5.76 Å². The van der Waals surface area contributed by atoms with Crippen molar-refractivity contribution in [2.75, 3.05) is 0 Å². The molecule has 0 unspecified atom stereocenters. The van der Waals surface area contributed by atoms with Crippen LogP contribution in [0, 0.1) is 0 Å².